The van der Waals surface area contributed by atoms with Gasteiger partial charge in [0.15, 0.2) is 0 Å². The van der Waals surface area contributed by atoms with Crippen LogP contribution in [-0.2, 0) is 0 Å². The molecule has 2 N–H and O–H groups in total. The van der Waals surface area contributed by atoms with E-state index in [-0.39, 0.29) is 11.3 Å². The monoisotopic (exact) mass is 179 g/mol. The standard InChI is InChI=1S/C8H7N2O3/c1-5-2-6(8(9)11)4-7(3-5)10(12)13/h2-4H,1H2,(H2,9,11). The Morgan fingerprint density at radius 3 is 2.54 bits per heavy atom. The zero-order valence-electron chi connectivity index (χ0n) is 6.69. The first-order valence-electron chi connectivity index (χ1n) is 3.42. The molecule has 0 aliphatic rings. The first kappa shape index (κ1) is 9.18. The summed E-state index contributed by atoms with van der Waals surface area (Å²) < 4.78 is 0. The van der Waals surface area contributed by atoms with E-state index in [1.165, 1.54) is 12.1 Å². The number of nitro benzene ring substituents is 1. The fourth-order valence-electron chi connectivity index (χ4n) is 0.922. The summed E-state index contributed by atoms with van der Waals surface area (Å²) in [5.74, 6) is -0.700. The van der Waals surface area contributed by atoms with Crippen LogP contribution in [0.25, 0.3) is 0 Å². The van der Waals surface area contributed by atoms with Crippen LogP contribution in [0.3, 0.4) is 0 Å². The zero-order valence-corrected chi connectivity index (χ0v) is 6.69. The number of rotatable bonds is 2. The van der Waals surface area contributed by atoms with Gasteiger partial charge >= 0.3 is 0 Å². The molecule has 0 atom stereocenters. The van der Waals surface area contributed by atoms with Crippen molar-refractivity contribution in [2.24, 2.45) is 5.73 Å². The van der Waals surface area contributed by atoms with Crippen LogP contribution < -0.4 is 5.73 Å². The molecule has 1 amide bonds. The average molecular weight is 179 g/mol. The van der Waals surface area contributed by atoms with Gasteiger partial charge in [0.1, 0.15) is 0 Å². The molecule has 0 aromatic heterocycles. The lowest BCUT2D eigenvalue weighted by molar-refractivity contribution is -0.384. The van der Waals surface area contributed by atoms with E-state index in [2.05, 4.69) is 6.92 Å². The van der Waals surface area contributed by atoms with Gasteiger partial charge in [-0.15, -0.1) is 0 Å². The normalized spacial score (nSPS) is 9.62. The second-order valence-electron chi connectivity index (χ2n) is 2.51. The van der Waals surface area contributed by atoms with E-state index in [0.29, 0.717) is 5.56 Å². The van der Waals surface area contributed by atoms with E-state index in [1.807, 2.05) is 0 Å². The number of hydrogen-bond acceptors (Lipinski definition) is 3. The number of nitrogens with two attached hydrogens (primary N) is 1. The fourth-order valence-corrected chi connectivity index (χ4v) is 0.922. The number of benzene rings is 1. The number of amides is 1. The van der Waals surface area contributed by atoms with Gasteiger partial charge in [0.25, 0.3) is 5.69 Å². The molecule has 0 heterocycles. The summed E-state index contributed by atoms with van der Waals surface area (Å²) in [6.07, 6.45) is 0. The van der Waals surface area contributed by atoms with Crippen molar-refractivity contribution >= 4 is 11.6 Å². The van der Waals surface area contributed by atoms with Gasteiger partial charge in [0.2, 0.25) is 5.91 Å². The van der Waals surface area contributed by atoms with E-state index in [0.717, 1.165) is 6.07 Å². The largest absolute Gasteiger partial charge is 0.366 e. The lowest BCUT2D eigenvalue weighted by Gasteiger charge is -1.97. The van der Waals surface area contributed by atoms with E-state index >= 15 is 0 Å². The molecule has 1 aromatic carbocycles. The summed E-state index contributed by atoms with van der Waals surface area (Å²) in [5.41, 5.74) is 5.27. The van der Waals surface area contributed by atoms with Crippen LogP contribution >= 0.6 is 0 Å². The van der Waals surface area contributed by atoms with Crippen molar-refractivity contribution < 1.29 is 9.72 Å². The van der Waals surface area contributed by atoms with E-state index in [9.17, 15) is 14.9 Å². The predicted molar refractivity (Wildman–Crippen MR) is 46.1 cm³/mol. The molecule has 0 aliphatic carbocycles. The molecule has 1 aromatic rings. The third kappa shape index (κ3) is 2.02. The van der Waals surface area contributed by atoms with Crippen LogP contribution in [0.5, 0.6) is 0 Å². The number of nitrogens with zero attached hydrogens (tertiary/aromatic N) is 1. The van der Waals surface area contributed by atoms with Crippen LogP contribution in [0.15, 0.2) is 18.2 Å². The number of nitro groups is 1. The summed E-state index contributed by atoms with van der Waals surface area (Å²) in [6, 6.07) is 3.79. The number of carbonyl (C=O) groups is 1. The highest BCUT2D eigenvalue weighted by Crippen LogP contribution is 2.15. The molecule has 13 heavy (non-hydrogen) atoms. The third-order valence-corrected chi connectivity index (χ3v) is 1.47. The van der Waals surface area contributed by atoms with Gasteiger partial charge in [-0.1, -0.05) is 0 Å². The Morgan fingerprint density at radius 2 is 2.08 bits per heavy atom. The third-order valence-electron chi connectivity index (χ3n) is 1.47. The molecule has 0 saturated heterocycles. The molecule has 5 nitrogen and oxygen atoms in total. The molecular formula is C8H7N2O3. The second kappa shape index (κ2) is 3.22. The Balaban J connectivity index is 3.26. The molecule has 0 aliphatic heterocycles. The van der Waals surface area contributed by atoms with Crippen molar-refractivity contribution in [3.8, 4) is 0 Å². The van der Waals surface area contributed by atoms with Gasteiger partial charge < -0.3 is 5.73 Å². The summed E-state index contributed by atoms with van der Waals surface area (Å²) >= 11 is 0. The number of hydrogen-bond donors (Lipinski definition) is 1. The Kier molecular flexibility index (Phi) is 2.27. The van der Waals surface area contributed by atoms with Gasteiger partial charge in [-0.3, -0.25) is 14.9 Å². The lowest BCUT2D eigenvalue weighted by atomic mass is 10.1. The smallest absolute Gasteiger partial charge is 0.270 e. The van der Waals surface area contributed by atoms with Crippen LogP contribution in [0, 0.1) is 17.0 Å². The van der Waals surface area contributed by atoms with Crippen molar-refractivity contribution in [2.75, 3.05) is 0 Å². The molecule has 1 radical (unpaired) electrons. The molecule has 0 bridgehead atoms. The quantitative estimate of drug-likeness (QED) is 0.539. The predicted octanol–water partition coefficient (Wildman–Crippen LogP) is 0.876. The van der Waals surface area contributed by atoms with Crippen LogP contribution in [0.4, 0.5) is 5.69 Å². The Labute approximate surface area is 74.3 Å². The minimum atomic E-state index is -0.700. The number of non-ortho nitro benzene ring substituents is 1. The maximum absolute atomic E-state index is 10.7. The maximum Gasteiger partial charge on any atom is 0.270 e. The van der Waals surface area contributed by atoms with Crippen LogP contribution in [-0.4, -0.2) is 10.8 Å². The highest BCUT2D eigenvalue weighted by Gasteiger charge is 2.10. The average Bonchev–Trinajstić information content (AvgIpc) is 2.03. The minimum Gasteiger partial charge on any atom is -0.366 e. The zero-order chi connectivity index (χ0) is 10.0. The van der Waals surface area contributed by atoms with Gasteiger partial charge in [0, 0.05) is 17.7 Å². The van der Waals surface area contributed by atoms with Crippen molar-refractivity contribution in [3.05, 3.63) is 46.4 Å². The SMILES string of the molecule is [CH2]c1cc(C(N)=O)cc([N+](=O)[O-])c1. The van der Waals surface area contributed by atoms with Crippen molar-refractivity contribution in [1.29, 1.82) is 0 Å². The first-order valence-corrected chi connectivity index (χ1v) is 3.42. The Hall–Kier alpha value is -1.91. The minimum absolute atomic E-state index is 0.0965. The van der Waals surface area contributed by atoms with Gasteiger partial charge in [-0.2, -0.15) is 0 Å². The molecule has 0 spiro atoms. The Morgan fingerprint density at radius 1 is 1.46 bits per heavy atom. The van der Waals surface area contributed by atoms with E-state index in [4.69, 9.17) is 5.73 Å². The van der Waals surface area contributed by atoms with Crippen molar-refractivity contribution in [2.45, 2.75) is 0 Å². The number of primary amides is 1. The summed E-state index contributed by atoms with van der Waals surface area (Å²) in [5, 5.41) is 10.4. The fraction of sp³-hybridized carbons (Fsp3) is 0. The molecule has 67 valence electrons. The lowest BCUT2D eigenvalue weighted by Crippen LogP contribution is -2.11. The Bertz CT molecular complexity index is 341. The summed E-state index contributed by atoms with van der Waals surface area (Å²) in [7, 11) is 0. The highest BCUT2D eigenvalue weighted by molar-refractivity contribution is 5.93. The summed E-state index contributed by atoms with van der Waals surface area (Å²) in [4.78, 5) is 20.5. The molecular weight excluding hydrogens is 172 g/mol. The first-order chi connectivity index (χ1) is 6.00. The van der Waals surface area contributed by atoms with Gasteiger partial charge in [-0.25, -0.2) is 0 Å². The topological polar surface area (TPSA) is 86.2 Å². The second-order valence-corrected chi connectivity index (χ2v) is 2.51. The molecule has 0 fully saturated rings. The highest BCUT2D eigenvalue weighted by atomic mass is 16.6. The maximum atomic E-state index is 10.7. The van der Waals surface area contributed by atoms with Crippen LogP contribution in [0.2, 0.25) is 0 Å². The van der Waals surface area contributed by atoms with Gasteiger partial charge in [-0.05, 0) is 18.6 Å². The van der Waals surface area contributed by atoms with Crippen molar-refractivity contribution in [1.82, 2.24) is 0 Å². The molecule has 5 heteroatoms. The van der Waals surface area contributed by atoms with Crippen molar-refractivity contribution in [3.63, 3.8) is 0 Å². The van der Waals surface area contributed by atoms with Gasteiger partial charge in [0.05, 0.1) is 4.92 Å². The number of carbonyl (C=O) groups excluding carboxylic acids is 1. The van der Waals surface area contributed by atoms with E-state index in [1.54, 1.807) is 0 Å². The van der Waals surface area contributed by atoms with E-state index < -0.39 is 10.8 Å². The van der Waals surface area contributed by atoms with Crippen LogP contribution in [0.1, 0.15) is 15.9 Å². The summed E-state index contributed by atoms with van der Waals surface area (Å²) in [6.45, 7) is 3.49. The molecule has 0 unspecified atom stereocenters. The molecule has 1 rings (SSSR count). The molecule has 0 saturated carbocycles.